The van der Waals surface area contributed by atoms with Gasteiger partial charge in [0.05, 0.1) is 6.42 Å². The third-order valence-electron chi connectivity index (χ3n) is 1.69. The van der Waals surface area contributed by atoms with Crippen molar-refractivity contribution in [2.45, 2.75) is 6.42 Å². The van der Waals surface area contributed by atoms with E-state index in [1.54, 1.807) is 0 Å². The maximum Gasteiger partial charge on any atom is 0.290 e. The van der Waals surface area contributed by atoms with Gasteiger partial charge in [0.1, 0.15) is 0 Å². The monoisotopic (exact) mass is 305 g/mol. The number of halogens is 1. The number of benzene rings is 1. The summed E-state index contributed by atoms with van der Waals surface area (Å²) in [4.78, 5) is 19.3. The highest BCUT2D eigenvalue weighted by atomic mass is 127. The molecule has 0 spiro atoms. The standard InChI is InChI=1S/C8H6INO.CH2O2/c9-6-1-2-7-5(3-6)4-8(11)10-7;2-1-3/h1-3H,4H2,(H,10,11);1H,(H,2,3). The van der Waals surface area contributed by atoms with Crippen molar-refractivity contribution in [3.05, 3.63) is 27.3 Å². The van der Waals surface area contributed by atoms with Crippen molar-refractivity contribution < 1.29 is 14.7 Å². The lowest BCUT2D eigenvalue weighted by molar-refractivity contribution is -0.123. The van der Waals surface area contributed by atoms with E-state index >= 15 is 0 Å². The Balaban J connectivity index is 0.000000293. The van der Waals surface area contributed by atoms with Crippen LogP contribution in [0.5, 0.6) is 0 Å². The summed E-state index contributed by atoms with van der Waals surface area (Å²) in [6.45, 7) is -0.250. The molecule has 0 saturated heterocycles. The summed E-state index contributed by atoms with van der Waals surface area (Å²) in [7, 11) is 0. The molecule has 0 aliphatic carbocycles. The SMILES string of the molecule is O=C1Cc2cc(I)ccc2N1.O=CO. The molecule has 0 unspecified atom stereocenters. The van der Waals surface area contributed by atoms with Gasteiger partial charge in [0.25, 0.3) is 6.47 Å². The van der Waals surface area contributed by atoms with Crippen LogP contribution in [0.2, 0.25) is 0 Å². The number of amides is 1. The number of fused-ring (bicyclic) bond motifs is 1. The van der Waals surface area contributed by atoms with Gasteiger partial charge in [0.15, 0.2) is 0 Å². The largest absolute Gasteiger partial charge is 0.483 e. The number of carbonyl (C=O) groups excluding carboxylic acids is 1. The number of nitrogens with one attached hydrogen (secondary N) is 1. The van der Waals surface area contributed by atoms with E-state index in [9.17, 15) is 4.79 Å². The molecular formula is C9H8INO3. The lowest BCUT2D eigenvalue weighted by atomic mass is 10.2. The molecule has 2 N–H and O–H groups in total. The Bertz CT molecular complexity index is 365. The second-order valence-corrected chi connectivity index (χ2v) is 3.88. The highest BCUT2D eigenvalue weighted by Gasteiger charge is 2.16. The Hall–Kier alpha value is -1.11. The number of carboxylic acid groups (broad SMARTS) is 1. The average Bonchev–Trinajstić information content (AvgIpc) is 2.45. The summed E-state index contributed by atoms with van der Waals surface area (Å²) >= 11 is 2.24. The van der Waals surface area contributed by atoms with Gasteiger partial charge >= 0.3 is 0 Å². The molecule has 2 rings (SSSR count). The number of rotatable bonds is 0. The predicted molar refractivity (Wildman–Crippen MR) is 60.2 cm³/mol. The zero-order chi connectivity index (χ0) is 10.6. The van der Waals surface area contributed by atoms with E-state index in [1.165, 1.54) is 3.57 Å². The predicted octanol–water partition coefficient (Wildman–Crippen LogP) is 1.49. The molecule has 5 heteroatoms. The van der Waals surface area contributed by atoms with E-state index < -0.39 is 0 Å². The average molecular weight is 305 g/mol. The van der Waals surface area contributed by atoms with Crippen molar-refractivity contribution in [2.24, 2.45) is 0 Å². The summed E-state index contributed by atoms with van der Waals surface area (Å²) in [5.74, 6) is 0.0991. The van der Waals surface area contributed by atoms with Gasteiger partial charge < -0.3 is 10.4 Å². The molecule has 0 atom stereocenters. The fraction of sp³-hybridized carbons (Fsp3) is 0.111. The van der Waals surface area contributed by atoms with Gasteiger partial charge in [-0.15, -0.1) is 0 Å². The van der Waals surface area contributed by atoms with Crippen LogP contribution in [0.15, 0.2) is 18.2 Å². The second kappa shape index (κ2) is 4.94. The van der Waals surface area contributed by atoms with Crippen LogP contribution in [-0.4, -0.2) is 17.5 Å². The van der Waals surface area contributed by atoms with Crippen LogP contribution in [0.4, 0.5) is 5.69 Å². The quantitative estimate of drug-likeness (QED) is 0.564. The van der Waals surface area contributed by atoms with Crippen LogP contribution in [-0.2, 0) is 16.0 Å². The van der Waals surface area contributed by atoms with Crippen LogP contribution in [0.25, 0.3) is 0 Å². The summed E-state index contributed by atoms with van der Waals surface area (Å²) in [5, 5.41) is 9.67. The minimum absolute atomic E-state index is 0.0991. The normalized spacial score (nSPS) is 12.2. The van der Waals surface area contributed by atoms with E-state index in [2.05, 4.69) is 27.9 Å². The van der Waals surface area contributed by atoms with Gasteiger partial charge in [-0.05, 0) is 46.4 Å². The molecule has 1 aromatic rings. The van der Waals surface area contributed by atoms with Crippen LogP contribution >= 0.6 is 22.6 Å². The molecule has 14 heavy (non-hydrogen) atoms. The number of hydrogen-bond acceptors (Lipinski definition) is 2. The summed E-state index contributed by atoms with van der Waals surface area (Å²) in [6.07, 6.45) is 0.534. The number of hydrogen-bond donors (Lipinski definition) is 2. The van der Waals surface area contributed by atoms with Crippen molar-refractivity contribution in [3.8, 4) is 0 Å². The first-order chi connectivity index (χ1) is 6.67. The van der Waals surface area contributed by atoms with E-state index in [-0.39, 0.29) is 12.4 Å². The van der Waals surface area contributed by atoms with Gasteiger partial charge in [-0.2, -0.15) is 0 Å². The third-order valence-corrected chi connectivity index (χ3v) is 2.36. The summed E-state index contributed by atoms with van der Waals surface area (Å²) in [6, 6.07) is 5.97. The first kappa shape index (κ1) is 11.0. The first-order valence-corrected chi connectivity index (χ1v) is 4.91. The zero-order valence-electron chi connectivity index (χ0n) is 7.16. The minimum Gasteiger partial charge on any atom is -0.483 e. The van der Waals surface area contributed by atoms with Gasteiger partial charge in [0.2, 0.25) is 5.91 Å². The smallest absolute Gasteiger partial charge is 0.290 e. The van der Waals surface area contributed by atoms with Crippen LogP contribution in [0, 0.1) is 3.57 Å². The number of anilines is 1. The molecule has 0 bridgehead atoms. The van der Waals surface area contributed by atoms with E-state index in [4.69, 9.17) is 9.90 Å². The van der Waals surface area contributed by atoms with Crippen LogP contribution < -0.4 is 5.32 Å². The van der Waals surface area contributed by atoms with Crippen molar-refractivity contribution in [1.29, 1.82) is 0 Å². The molecule has 0 saturated carbocycles. The lowest BCUT2D eigenvalue weighted by Gasteiger charge is -1.96. The molecule has 1 aromatic carbocycles. The van der Waals surface area contributed by atoms with E-state index in [0.717, 1.165) is 11.3 Å². The Morgan fingerprint density at radius 2 is 2.14 bits per heavy atom. The summed E-state index contributed by atoms with van der Waals surface area (Å²) < 4.78 is 1.18. The van der Waals surface area contributed by atoms with Gasteiger partial charge in [-0.25, -0.2) is 0 Å². The Kier molecular flexibility index (Phi) is 3.87. The maximum absolute atomic E-state index is 10.9. The number of carbonyl (C=O) groups is 2. The van der Waals surface area contributed by atoms with Crippen molar-refractivity contribution in [3.63, 3.8) is 0 Å². The molecule has 0 radical (unpaired) electrons. The highest BCUT2D eigenvalue weighted by Crippen LogP contribution is 2.24. The van der Waals surface area contributed by atoms with E-state index in [1.807, 2.05) is 18.2 Å². The molecule has 0 aromatic heterocycles. The maximum atomic E-state index is 10.9. The zero-order valence-corrected chi connectivity index (χ0v) is 9.32. The molecular weight excluding hydrogens is 297 g/mol. The topological polar surface area (TPSA) is 66.4 Å². The lowest BCUT2D eigenvalue weighted by Crippen LogP contribution is -2.03. The molecule has 1 aliphatic rings. The molecule has 4 nitrogen and oxygen atoms in total. The highest BCUT2D eigenvalue weighted by molar-refractivity contribution is 14.1. The van der Waals surface area contributed by atoms with Crippen molar-refractivity contribution in [1.82, 2.24) is 0 Å². The Labute approximate surface area is 94.5 Å². The van der Waals surface area contributed by atoms with Crippen LogP contribution in [0.3, 0.4) is 0 Å². The fourth-order valence-corrected chi connectivity index (χ4v) is 1.75. The van der Waals surface area contributed by atoms with Gasteiger partial charge in [0, 0.05) is 9.26 Å². The molecule has 0 fully saturated rings. The first-order valence-electron chi connectivity index (χ1n) is 3.83. The van der Waals surface area contributed by atoms with Gasteiger partial charge in [-0.1, -0.05) is 0 Å². The molecule has 1 aliphatic heterocycles. The molecule has 1 amide bonds. The van der Waals surface area contributed by atoms with Crippen LogP contribution in [0.1, 0.15) is 5.56 Å². The van der Waals surface area contributed by atoms with Gasteiger partial charge in [-0.3, -0.25) is 9.59 Å². The Morgan fingerprint density at radius 1 is 1.50 bits per heavy atom. The Morgan fingerprint density at radius 3 is 2.79 bits per heavy atom. The molecule has 1 heterocycles. The van der Waals surface area contributed by atoms with Crippen molar-refractivity contribution in [2.75, 3.05) is 5.32 Å². The molecule has 74 valence electrons. The fourth-order valence-electron chi connectivity index (χ4n) is 1.20. The third kappa shape index (κ3) is 2.69. The van der Waals surface area contributed by atoms with E-state index in [0.29, 0.717) is 6.42 Å². The van der Waals surface area contributed by atoms with Crippen molar-refractivity contribution >= 4 is 40.7 Å². The summed E-state index contributed by atoms with van der Waals surface area (Å²) in [5.41, 5.74) is 2.08. The second-order valence-electron chi connectivity index (χ2n) is 2.63. The minimum atomic E-state index is -0.250.